The van der Waals surface area contributed by atoms with Gasteiger partial charge in [0.1, 0.15) is 6.10 Å². The molecule has 0 aromatic carbocycles. The van der Waals surface area contributed by atoms with Crippen LogP contribution >= 0.6 is 0 Å². The second-order valence-corrected chi connectivity index (χ2v) is 4.83. The highest BCUT2D eigenvalue weighted by atomic mass is 16.5. The number of ether oxygens (including phenoxy) is 1. The van der Waals surface area contributed by atoms with Crippen molar-refractivity contribution in [3.63, 3.8) is 0 Å². The average Bonchev–Trinajstić information content (AvgIpc) is 2.95. The van der Waals surface area contributed by atoms with E-state index < -0.39 is 0 Å². The molecule has 1 aliphatic heterocycles. The van der Waals surface area contributed by atoms with Crippen LogP contribution in [-0.4, -0.2) is 23.8 Å². The topological polar surface area (TPSA) is 60.2 Å². The summed E-state index contributed by atoms with van der Waals surface area (Å²) in [6.07, 6.45) is 4.09. The second kappa shape index (κ2) is 5.14. The minimum Gasteiger partial charge on any atom is -0.373 e. The Hall–Kier alpha value is -0.940. The summed E-state index contributed by atoms with van der Waals surface area (Å²) in [5.74, 6) is 1.35. The third kappa shape index (κ3) is 2.50. The maximum absolute atomic E-state index is 5.38. The standard InChI is InChI=1S/C12H21N3O2/c1-4-6-9(16-3)10-14-11(17-15-10)12(2)7-5-8-13-12/h9,13H,4-8H2,1-3H3. The number of nitrogens with one attached hydrogen (secondary N) is 1. The van der Waals surface area contributed by atoms with E-state index in [2.05, 4.69) is 29.3 Å². The molecule has 5 nitrogen and oxygen atoms in total. The van der Waals surface area contributed by atoms with Gasteiger partial charge in [-0.05, 0) is 32.7 Å². The number of aromatic nitrogens is 2. The molecule has 1 aromatic heterocycles. The number of nitrogens with zero attached hydrogens (tertiary/aromatic N) is 2. The van der Waals surface area contributed by atoms with Crippen molar-refractivity contribution in [1.29, 1.82) is 0 Å². The quantitative estimate of drug-likeness (QED) is 0.853. The first kappa shape index (κ1) is 12.5. The maximum Gasteiger partial charge on any atom is 0.246 e. The van der Waals surface area contributed by atoms with Crippen molar-refractivity contribution in [2.45, 2.75) is 51.2 Å². The first-order valence-electron chi connectivity index (χ1n) is 6.31. The molecule has 1 aromatic rings. The third-order valence-electron chi connectivity index (χ3n) is 3.41. The van der Waals surface area contributed by atoms with Crippen molar-refractivity contribution < 1.29 is 9.26 Å². The average molecular weight is 239 g/mol. The van der Waals surface area contributed by atoms with Crippen LogP contribution in [0.5, 0.6) is 0 Å². The van der Waals surface area contributed by atoms with Crippen LogP contribution < -0.4 is 5.32 Å². The molecule has 2 heterocycles. The van der Waals surface area contributed by atoms with Gasteiger partial charge in [-0.3, -0.25) is 0 Å². The lowest BCUT2D eigenvalue weighted by atomic mass is 10.0. The molecule has 17 heavy (non-hydrogen) atoms. The van der Waals surface area contributed by atoms with Gasteiger partial charge in [0.15, 0.2) is 0 Å². The summed E-state index contributed by atoms with van der Waals surface area (Å²) in [7, 11) is 1.69. The summed E-state index contributed by atoms with van der Waals surface area (Å²) in [6.45, 7) is 5.24. The van der Waals surface area contributed by atoms with Crippen LogP contribution in [0.15, 0.2) is 4.52 Å². The van der Waals surface area contributed by atoms with E-state index in [4.69, 9.17) is 9.26 Å². The lowest BCUT2D eigenvalue weighted by Gasteiger charge is -2.18. The number of hydrogen-bond acceptors (Lipinski definition) is 5. The Morgan fingerprint density at radius 1 is 1.59 bits per heavy atom. The van der Waals surface area contributed by atoms with E-state index in [0.29, 0.717) is 11.7 Å². The molecule has 2 atom stereocenters. The van der Waals surface area contributed by atoms with Gasteiger partial charge in [-0.25, -0.2) is 0 Å². The number of methoxy groups -OCH3 is 1. The van der Waals surface area contributed by atoms with E-state index in [0.717, 1.165) is 32.2 Å². The Bertz CT molecular complexity index is 358. The predicted octanol–water partition coefficient (Wildman–Crippen LogP) is 2.16. The van der Waals surface area contributed by atoms with Crippen LogP contribution in [-0.2, 0) is 10.3 Å². The van der Waals surface area contributed by atoms with Crippen LogP contribution in [0.2, 0.25) is 0 Å². The Morgan fingerprint density at radius 2 is 2.41 bits per heavy atom. The zero-order chi connectivity index (χ0) is 12.3. The minimum absolute atomic E-state index is 0.0532. The molecule has 0 bridgehead atoms. The molecule has 1 saturated heterocycles. The molecule has 96 valence electrons. The fourth-order valence-electron chi connectivity index (χ4n) is 2.28. The van der Waals surface area contributed by atoms with Crippen LogP contribution in [0.3, 0.4) is 0 Å². The van der Waals surface area contributed by atoms with Gasteiger partial charge in [0, 0.05) is 7.11 Å². The normalized spacial score (nSPS) is 26.3. The fraction of sp³-hybridized carbons (Fsp3) is 0.833. The molecule has 0 amide bonds. The van der Waals surface area contributed by atoms with Gasteiger partial charge in [0.25, 0.3) is 0 Å². The zero-order valence-electron chi connectivity index (χ0n) is 10.8. The summed E-state index contributed by atoms with van der Waals surface area (Å²) < 4.78 is 10.8. The lowest BCUT2D eigenvalue weighted by molar-refractivity contribution is 0.0854. The van der Waals surface area contributed by atoms with E-state index in [-0.39, 0.29) is 11.6 Å². The van der Waals surface area contributed by atoms with E-state index in [1.807, 2.05) is 0 Å². The maximum atomic E-state index is 5.38. The number of rotatable bonds is 5. The fourth-order valence-corrected chi connectivity index (χ4v) is 2.28. The molecule has 0 aliphatic carbocycles. The summed E-state index contributed by atoms with van der Waals surface area (Å²) in [6, 6.07) is 0. The highest BCUT2D eigenvalue weighted by Gasteiger charge is 2.36. The summed E-state index contributed by atoms with van der Waals surface area (Å²) in [5.41, 5.74) is -0.157. The van der Waals surface area contributed by atoms with Crippen molar-refractivity contribution >= 4 is 0 Å². The Morgan fingerprint density at radius 3 is 3.00 bits per heavy atom. The molecule has 1 N–H and O–H groups in total. The Balaban J connectivity index is 2.14. The number of hydrogen-bond donors (Lipinski definition) is 1. The summed E-state index contributed by atoms with van der Waals surface area (Å²) >= 11 is 0. The minimum atomic E-state index is -0.157. The molecule has 1 aliphatic rings. The molecule has 0 radical (unpaired) electrons. The first-order chi connectivity index (χ1) is 8.19. The molecular formula is C12H21N3O2. The van der Waals surface area contributed by atoms with Gasteiger partial charge in [0.05, 0.1) is 5.54 Å². The summed E-state index contributed by atoms with van der Waals surface area (Å²) in [4.78, 5) is 4.49. The van der Waals surface area contributed by atoms with Crippen LogP contribution in [0, 0.1) is 0 Å². The molecule has 0 saturated carbocycles. The van der Waals surface area contributed by atoms with Crippen molar-refractivity contribution in [1.82, 2.24) is 15.5 Å². The second-order valence-electron chi connectivity index (χ2n) is 4.83. The third-order valence-corrected chi connectivity index (χ3v) is 3.41. The van der Waals surface area contributed by atoms with Gasteiger partial charge in [-0.2, -0.15) is 4.98 Å². The monoisotopic (exact) mass is 239 g/mol. The molecule has 2 rings (SSSR count). The van der Waals surface area contributed by atoms with E-state index >= 15 is 0 Å². The van der Waals surface area contributed by atoms with Crippen molar-refractivity contribution in [3.8, 4) is 0 Å². The highest BCUT2D eigenvalue weighted by molar-refractivity contribution is 5.05. The Labute approximate surface area is 102 Å². The van der Waals surface area contributed by atoms with Crippen molar-refractivity contribution in [3.05, 3.63) is 11.7 Å². The van der Waals surface area contributed by atoms with E-state index in [1.54, 1.807) is 7.11 Å². The Kier molecular flexibility index (Phi) is 3.79. The largest absolute Gasteiger partial charge is 0.373 e. The van der Waals surface area contributed by atoms with E-state index in [9.17, 15) is 0 Å². The summed E-state index contributed by atoms with van der Waals surface area (Å²) in [5, 5.41) is 7.46. The van der Waals surface area contributed by atoms with E-state index in [1.165, 1.54) is 0 Å². The first-order valence-corrected chi connectivity index (χ1v) is 6.31. The molecule has 5 heteroatoms. The van der Waals surface area contributed by atoms with Crippen LogP contribution in [0.25, 0.3) is 0 Å². The van der Waals surface area contributed by atoms with Crippen LogP contribution in [0.4, 0.5) is 0 Å². The molecule has 1 fully saturated rings. The smallest absolute Gasteiger partial charge is 0.246 e. The van der Waals surface area contributed by atoms with Gasteiger partial charge in [0.2, 0.25) is 11.7 Å². The molecule has 0 spiro atoms. The van der Waals surface area contributed by atoms with Crippen LogP contribution in [0.1, 0.15) is 57.3 Å². The zero-order valence-corrected chi connectivity index (χ0v) is 10.8. The van der Waals surface area contributed by atoms with Crippen molar-refractivity contribution in [2.75, 3.05) is 13.7 Å². The van der Waals surface area contributed by atoms with Gasteiger partial charge < -0.3 is 14.6 Å². The lowest BCUT2D eigenvalue weighted by Crippen LogP contribution is -2.33. The van der Waals surface area contributed by atoms with Gasteiger partial charge in [-0.1, -0.05) is 18.5 Å². The molecular weight excluding hydrogens is 218 g/mol. The SMILES string of the molecule is CCCC(OC)c1noc(C2(C)CCCN2)n1. The predicted molar refractivity (Wildman–Crippen MR) is 63.5 cm³/mol. The molecule has 2 unspecified atom stereocenters. The van der Waals surface area contributed by atoms with Gasteiger partial charge in [-0.15, -0.1) is 0 Å². The van der Waals surface area contributed by atoms with Gasteiger partial charge >= 0.3 is 0 Å². The van der Waals surface area contributed by atoms with Crippen molar-refractivity contribution in [2.24, 2.45) is 0 Å². The highest BCUT2D eigenvalue weighted by Crippen LogP contribution is 2.30.